The molecule has 3 rings (SSSR count). The Kier molecular flexibility index (Phi) is 6.94. The number of carbonyl (C=O) groups excluding carboxylic acids is 2. The van der Waals surface area contributed by atoms with E-state index in [1.54, 1.807) is 37.5 Å². The largest absolute Gasteiger partial charge is 0.497 e. The van der Waals surface area contributed by atoms with E-state index < -0.39 is 0 Å². The van der Waals surface area contributed by atoms with Crippen LogP contribution in [0.25, 0.3) is 6.08 Å². The van der Waals surface area contributed by atoms with Crippen molar-refractivity contribution in [3.05, 3.63) is 70.4 Å². The Bertz CT molecular complexity index is 891. The summed E-state index contributed by atoms with van der Waals surface area (Å²) in [6.07, 6.45) is 4.75. The minimum absolute atomic E-state index is 0.142. The van der Waals surface area contributed by atoms with E-state index in [4.69, 9.17) is 16.3 Å². The number of nitrogens with zero attached hydrogens (tertiary/aromatic N) is 1. The van der Waals surface area contributed by atoms with Crippen LogP contribution in [-0.2, 0) is 4.79 Å². The molecule has 0 saturated carbocycles. The van der Waals surface area contributed by atoms with Crippen molar-refractivity contribution in [3.63, 3.8) is 0 Å². The van der Waals surface area contributed by atoms with E-state index >= 15 is 0 Å². The molecule has 1 aliphatic rings. The zero-order chi connectivity index (χ0) is 20.8. The number of benzene rings is 2. The van der Waals surface area contributed by atoms with Gasteiger partial charge >= 0.3 is 0 Å². The van der Waals surface area contributed by atoms with Gasteiger partial charge in [-0.15, -0.1) is 0 Å². The van der Waals surface area contributed by atoms with Crippen LogP contribution in [0.5, 0.6) is 5.75 Å². The SMILES string of the molecule is COc1ccc(/C=C(/NC(=O)c2ccc(Cl)cc2)C(=O)N2CCCCC2C)cc1. The Morgan fingerprint density at radius 1 is 1.10 bits per heavy atom. The summed E-state index contributed by atoms with van der Waals surface area (Å²) < 4.78 is 5.19. The third kappa shape index (κ3) is 5.39. The van der Waals surface area contributed by atoms with Gasteiger partial charge in [0.05, 0.1) is 7.11 Å². The second-order valence-corrected chi connectivity index (χ2v) is 7.57. The minimum atomic E-state index is -0.348. The molecular formula is C23H25ClN2O3. The van der Waals surface area contributed by atoms with Gasteiger partial charge in [-0.3, -0.25) is 9.59 Å². The topological polar surface area (TPSA) is 58.6 Å². The third-order valence-electron chi connectivity index (χ3n) is 5.08. The van der Waals surface area contributed by atoms with Crippen molar-refractivity contribution in [2.45, 2.75) is 32.2 Å². The normalized spacial score (nSPS) is 17.0. The van der Waals surface area contributed by atoms with Gasteiger partial charge in [0.15, 0.2) is 0 Å². The van der Waals surface area contributed by atoms with E-state index in [0.717, 1.165) is 30.6 Å². The zero-order valence-corrected chi connectivity index (χ0v) is 17.4. The molecule has 1 unspecified atom stereocenters. The van der Waals surface area contributed by atoms with Crippen LogP contribution in [0.1, 0.15) is 42.1 Å². The van der Waals surface area contributed by atoms with Crippen LogP contribution in [0.3, 0.4) is 0 Å². The molecule has 0 aliphatic carbocycles. The molecule has 0 aromatic heterocycles. The summed E-state index contributed by atoms with van der Waals surface area (Å²) in [5.74, 6) is 0.208. The molecule has 1 heterocycles. The first kappa shape index (κ1) is 20.9. The molecule has 6 heteroatoms. The summed E-state index contributed by atoms with van der Waals surface area (Å²) in [5, 5.41) is 3.35. The molecule has 1 saturated heterocycles. The van der Waals surface area contributed by atoms with Crippen molar-refractivity contribution in [1.82, 2.24) is 10.2 Å². The fourth-order valence-electron chi connectivity index (χ4n) is 3.37. The van der Waals surface area contributed by atoms with Gasteiger partial charge in [0.1, 0.15) is 11.4 Å². The Balaban J connectivity index is 1.89. The van der Waals surface area contributed by atoms with Crippen LogP contribution >= 0.6 is 11.6 Å². The molecule has 1 N–H and O–H groups in total. The third-order valence-corrected chi connectivity index (χ3v) is 5.33. The summed E-state index contributed by atoms with van der Waals surface area (Å²) >= 11 is 5.91. The van der Waals surface area contributed by atoms with Crippen LogP contribution in [0, 0.1) is 0 Å². The average molecular weight is 413 g/mol. The van der Waals surface area contributed by atoms with Crippen LogP contribution in [0.4, 0.5) is 0 Å². The monoisotopic (exact) mass is 412 g/mol. The Labute approximate surface area is 176 Å². The first-order valence-electron chi connectivity index (χ1n) is 9.71. The summed E-state index contributed by atoms with van der Waals surface area (Å²) in [6.45, 7) is 2.74. The highest BCUT2D eigenvalue weighted by Crippen LogP contribution is 2.20. The lowest BCUT2D eigenvalue weighted by molar-refractivity contribution is -0.130. The molecule has 152 valence electrons. The summed E-state index contributed by atoms with van der Waals surface area (Å²) in [4.78, 5) is 27.8. The number of hydrogen-bond donors (Lipinski definition) is 1. The summed E-state index contributed by atoms with van der Waals surface area (Å²) in [7, 11) is 1.60. The fraction of sp³-hybridized carbons (Fsp3) is 0.304. The molecule has 1 aliphatic heterocycles. The van der Waals surface area contributed by atoms with E-state index in [9.17, 15) is 9.59 Å². The molecule has 0 bridgehead atoms. The molecule has 0 spiro atoms. The average Bonchev–Trinajstić information content (AvgIpc) is 2.74. The molecule has 29 heavy (non-hydrogen) atoms. The number of piperidine rings is 1. The zero-order valence-electron chi connectivity index (χ0n) is 16.7. The van der Waals surface area contributed by atoms with Crippen molar-refractivity contribution < 1.29 is 14.3 Å². The van der Waals surface area contributed by atoms with Crippen LogP contribution in [-0.4, -0.2) is 36.4 Å². The maximum Gasteiger partial charge on any atom is 0.270 e. The van der Waals surface area contributed by atoms with Gasteiger partial charge in [-0.2, -0.15) is 0 Å². The smallest absolute Gasteiger partial charge is 0.270 e. The van der Waals surface area contributed by atoms with Gasteiger partial charge in [0.2, 0.25) is 0 Å². The van der Waals surface area contributed by atoms with Crippen molar-refractivity contribution in [1.29, 1.82) is 0 Å². The molecule has 5 nitrogen and oxygen atoms in total. The Hall–Kier alpha value is -2.79. The number of amides is 2. The highest BCUT2D eigenvalue weighted by Gasteiger charge is 2.27. The summed E-state index contributed by atoms with van der Waals surface area (Å²) in [5.41, 5.74) is 1.49. The first-order valence-corrected chi connectivity index (χ1v) is 10.1. The maximum atomic E-state index is 13.3. The van der Waals surface area contributed by atoms with Crippen molar-refractivity contribution in [3.8, 4) is 5.75 Å². The molecule has 1 atom stereocenters. The van der Waals surface area contributed by atoms with Crippen LogP contribution in [0.15, 0.2) is 54.2 Å². The molecular weight excluding hydrogens is 388 g/mol. The first-order chi connectivity index (χ1) is 14.0. The van der Waals surface area contributed by atoms with Crippen LogP contribution in [0.2, 0.25) is 5.02 Å². The minimum Gasteiger partial charge on any atom is -0.497 e. The van der Waals surface area contributed by atoms with Crippen molar-refractivity contribution in [2.24, 2.45) is 0 Å². The number of halogens is 1. The molecule has 1 fully saturated rings. The highest BCUT2D eigenvalue weighted by molar-refractivity contribution is 6.30. The molecule has 0 radical (unpaired) electrons. The highest BCUT2D eigenvalue weighted by atomic mass is 35.5. The van der Waals surface area contributed by atoms with Crippen LogP contribution < -0.4 is 10.1 Å². The van der Waals surface area contributed by atoms with E-state index in [0.29, 0.717) is 17.1 Å². The standard InChI is InChI=1S/C23H25ClN2O3/c1-16-5-3-4-14-26(16)23(28)21(15-17-6-12-20(29-2)13-7-17)25-22(27)18-8-10-19(24)11-9-18/h6-13,15-16H,3-5,14H2,1-2H3,(H,25,27)/b21-15+. The lowest BCUT2D eigenvalue weighted by atomic mass is 10.0. The van der Waals surface area contributed by atoms with Gasteiger partial charge in [0.25, 0.3) is 11.8 Å². The number of hydrogen-bond acceptors (Lipinski definition) is 3. The number of ether oxygens (including phenoxy) is 1. The van der Waals surface area contributed by atoms with Gasteiger partial charge in [-0.25, -0.2) is 0 Å². The van der Waals surface area contributed by atoms with Crippen molar-refractivity contribution in [2.75, 3.05) is 13.7 Å². The number of likely N-dealkylation sites (tertiary alicyclic amines) is 1. The number of nitrogens with one attached hydrogen (secondary N) is 1. The van der Waals surface area contributed by atoms with E-state index in [-0.39, 0.29) is 23.6 Å². The number of carbonyl (C=O) groups is 2. The Morgan fingerprint density at radius 2 is 1.79 bits per heavy atom. The molecule has 2 aromatic rings. The second kappa shape index (κ2) is 9.61. The maximum absolute atomic E-state index is 13.3. The quantitative estimate of drug-likeness (QED) is 0.734. The predicted octanol–water partition coefficient (Wildman–Crippen LogP) is 4.52. The van der Waals surface area contributed by atoms with E-state index in [1.165, 1.54) is 0 Å². The van der Waals surface area contributed by atoms with E-state index in [2.05, 4.69) is 5.32 Å². The van der Waals surface area contributed by atoms with Gasteiger partial charge in [-0.05, 0) is 74.2 Å². The number of rotatable bonds is 5. The van der Waals surface area contributed by atoms with Gasteiger partial charge in [0, 0.05) is 23.2 Å². The predicted molar refractivity (Wildman–Crippen MR) is 115 cm³/mol. The van der Waals surface area contributed by atoms with Gasteiger partial charge < -0.3 is 15.0 Å². The van der Waals surface area contributed by atoms with Crippen molar-refractivity contribution >= 4 is 29.5 Å². The molecule has 2 amide bonds. The lowest BCUT2D eigenvalue weighted by Crippen LogP contribution is -2.45. The van der Waals surface area contributed by atoms with Gasteiger partial charge in [-0.1, -0.05) is 23.7 Å². The lowest BCUT2D eigenvalue weighted by Gasteiger charge is -2.34. The molecule has 2 aromatic carbocycles. The second-order valence-electron chi connectivity index (χ2n) is 7.14. The Morgan fingerprint density at radius 3 is 2.41 bits per heavy atom. The van der Waals surface area contributed by atoms with E-state index in [1.807, 2.05) is 36.1 Å². The fourth-order valence-corrected chi connectivity index (χ4v) is 3.49. The number of methoxy groups -OCH3 is 1. The summed E-state index contributed by atoms with van der Waals surface area (Å²) in [6, 6.07) is 14.0.